The van der Waals surface area contributed by atoms with E-state index in [1.54, 1.807) is 0 Å². The molecule has 0 saturated carbocycles. The summed E-state index contributed by atoms with van der Waals surface area (Å²) in [4.78, 5) is 0. The van der Waals surface area contributed by atoms with Crippen molar-refractivity contribution in [2.75, 3.05) is 26.7 Å². The highest BCUT2D eigenvalue weighted by Gasteiger charge is 2.21. The first kappa shape index (κ1) is 12.0. The van der Waals surface area contributed by atoms with Crippen LogP contribution in [-0.2, 0) is 6.42 Å². The van der Waals surface area contributed by atoms with Crippen LogP contribution in [0.25, 0.3) is 0 Å². The van der Waals surface area contributed by atoms with Gasteiger partial charge in [0.05, 0.1) is 6.61 Å². The summed E-state index contributed by atoms with van der Waals surface area (Å²) in [6.45, 7) is 3.20. The standard InChI is InChI=1S/C15H22N2O/c1-16-14(8-11-4-6-17-10-11)12-2-3-15-13(9-12)5-7-18-15/h2-3,9,11,14,16-17H,4-8,10H2,1H3. The lowest BCUT2D eigenvalue weighted by Crippen LogP contribution is -2.21. The van der Waals surface area contributed by atoms with Gasteiger partial charge in [0, 0.05) is 12.5 Å². The summed E-state index contributed by atoms with van der Waals surface area (Å²) in [5.41, 5.74) is 2.78. The minimum Gasteiger partial charge on any atom is -0.493 e. The second kappa shape index (κ2) is 5.29. The molecule has 0 aliphatic carbocycles. The van der Waals surface area contributed by atoms with Crippen LogP contribution in [0.1, 0.15) is 30.0 Å². The lowest BCUT2D eigenvalue weighted by atomic mass is 9.93. The molecule has 1 saturated heterocycles. The Bertz CT molecular complexity index is 413. The highest BCUT2D eigenvalue weighted by atomic mass is 16.5. The zero-order valence-corrected chi connectivity index (χ0v) is 11.0. The van der Waals surface area contributed by atoms with E-state index < -0.39 is 0 Å². The van der Waals surface area contributed by atoms with Crippen LogP contribution >= 0.6 is 0 Å². The van der Waals surface area contributed by atoms with Crippen LogP contribution in [0, 0.1) is 5.92 Å². The normalized spacial score (nSPS) is 23.7. The van der Waals surface area contributed by atoms with Crippen molar-refractivity contribution < 1.29 is 4.74 Å². The van der Waals surface area contributed by atoms with Gasteiger partial charge in [-0.1, -0.05) is 12.1 Å². The molecule has 3 heteroatoms. The fraction of sp³-hybridized carbons (Fsp3) is 0.600. The average molecular weight is 246 g/mol. The Labute approximate surface area is 109 Å². The summed E-state index contributed by atoms with van der Waals surface area (Å²) in [5.74, 6) is 1.89. The van der Waals surface area contributed by atoms with E-state index in [9.17, 15) is 0 Å². The lowest BCUT2D eigenvalue weighted by Gasteiger charge is -2.20. The van der Waals surface area contributed by atoms with Gasteiger partial charge >= 0.3 is 0 Å². The highest BCUT2D eigenvalue weighted by molar-refractivity contribution is 5.40. The minimum atomic E-state index is 0.473. The topological polar surface area (TPSA) is 33.3 Å². The van der Waals surface area contributed by atoms with Gasteiger partial charge in [-0.2, -0.15) is 0 Å². The predicted molar refractivity (Wildman–Crippen MR) is 73.0 cm³/mol. The molecule has 2 aliphatic rings. The van der Waals surface area contributed by atoms with Gasteiger partial charge in [0.15, 0.2) is 0 Å². The quantitative estimate of drug-likeness (QED) is 0.851. The van der Waals surface area contributed by atoms with E-state index in [4.69, 9.17) is 4.74 Å². The van der Waals surface area contributed by atoms with E-state index >= 15 is 0 Å². The van der Waals surface area contributed by atoms with Crippen molar-refractivity contribution in [3.63, 3.8) is 0 Å². The number of benzene rings is 1. The van der Waals surface area contributed by atoms with Crippen molar-refractivity contribution in [2.24, 2.45) is 5.92 Å². The maximum Gasteiger partial charge on any atom is 0.122 e. The molecule has 2 aliphatic heterocycles. The molecule has 2 atom stereocenters. The van der Waals surface area contributed by atoms with Crippen molar-refractivity contribution in [1.29, 1.82) is 0 Å². The molecule has 18 heavy (non-hydrogen) atoms. The van der Waals surface area contributed by atoms with Crippen molar-refractivity contribution >= 4 is 0 Å². The van der Waals surface area contributed by atoms with Gasteiger partial charge in [0.1, 0.15) is 5.75 Å². The third-order valence-corrected chi connectivity index (χ3v) is 4.20. The first-order chi connectivity index (χ1) is 8.86. The Morgan fingerprint density at radius 1 is 1.50 bits per heavy atom. The monoisotopic (exact) mass is 246 g/mol. The average Bonchev–Trinajstić information content (AvgIpc) is 3.06. The molecule has 1 aromatic carbocycles. The maximum absolute atomic E-state index is 5.57. The Hall–Kier alpha value is -1.06. The maximum atomic E-state index is 5.57. The molecule has 2 unspecified atom stereocenters. The largest absolute Gasteiger partial charge is 0.493 e. The molecule has 2 heterocycles. The van der Waals surface area contributed by atoms with Crippen LogP contribution in [0.3, 0.4) is 0 Å². The van der Waals surface area contributed by atoms with Crippen molar-refractivity contribution in [3.05, 3.63) is 29.3 Å². The zero-order valence-electron chi connectivity index (χ0n) is 11.0. The van der Waals surface area contributed by atoms with E-state index in [0.717, 1.165) is 24.7 Å². The molecule has 3 rings (SSSR count). The van der Waals surface area contributed by atoms with Crippen LogP contribution in [-0.4, -0.2) is 26.7 Å². The van der Waals surface area contributed by atoms with Crippen LogP contribution in [0.2, 0.25) is 0 Å². The van der Waals surface area contributed by atoms with E-state index in [2.05, 4.69) is 35.9 Å². The molecule has 0 bridgehead atoms. The Balaban J connectivity index is 1.74. The molecule has 0 radical (unpaired) electrons. The van der Waals surface area contributed by atoms with E-state index in [-0.39, 0.29) is 0 Å². The second-order valence-corrected chi connectivity index (χ2v) is 5.40. The number of ether oxygens (including phenoxy) is 1. The lowest BCUT2D eigenvalue weighted by molar-refractivity contribution is 0.356. The van der Waals surface area contributed by atoms with Gasteiger partial charge in [-0.25, -0.2) is 0 Å². The second-order valence-electron chi connectivity index (χ2n) is 5.40. The summed E-state index contributed by atoms with van der Waals surface area (Å²) in [6, 6.07) is 7.15. The fourth-order valence-electron chi connectivity index (χ4n) is 3.09. The minimum absolute atomic E-state index is 0.473. The van der Waals surface area contributed by atoms with E-state index in [0.29, 0.717) is 6.04 Å². The Morgan fingerprint density at radius 3 is 3.22 bits per heavy atom. The number of hydrogen-bond donors (Lipinski definition) is 2. The number of fused-ring (bicyclic) bond motifs is 1. The molecule has 3 nitrogen and oxygen atoms in total. The zero-order chi connectivity index (χ0) is 12.4. The molecule has 0 spiro atoms. The summed E-state index contributed by atoms with van der Waals surface area (Å²) in [7, 11) is 2.07. The molecule has 0 amide bonds. The Morgan fingerprint density at radius 2 is 2.44 bits per heavy atom. The first-order valence-corrected chi connectivity index (χ1v) is 7.00. The van der Waals surface area contributed by atoms with Crippen molar-refractivity contribution in [2.45, 2.75) is 25.3 Å². The molecule has 0 aromatic heterocycles. The number of nitrogens with one attached hydrogen (secondary N) is 2. The molecular formula is C15H22N2O. The number of hydrogen-bond acceptors (Lipinski definition) is 3. The predicted octanol–water partition coefficient (Wildman–Crippen LogP) is 1.88. The third-order valence-electron chi connectivity index (χ3n) is 4.20. The van der Waals surface area contributed by atoms with Gasteiger partial charge in [0.25, 0.3) is 0 Å². The fourth-order valence-corrected chi connectivity index (χ4v) is 3.09. The van der Waals surface area contributed by atoms with Crippen LogP contribution in [0.15, 0.2) is 18.2 Å². The van der Waals surface area contributed by atoms with Gasteiger partial charge in [0.2, 0.25) is 0 Å². The Kier molecular flexibility index (Phi) is 3.52. The molecule has 98 valence electrons. The van der Waals surface area contributed by atoms with E-state index in [1.165, 1.54) is 37.1 Å². The van der Waals surface area contributed by atoms with Crippen LogP contribution < -0.4 is 15.4 Å². The SMILES string of the molecule is CNC(CC1CCNC1)c1ccc2c(c1)CCO2. The van der Waals surface area contributed by atoms with Gasteiger partial charge in [-0.3, -0.25) is 0 Å². The van der Waals surface area contributed by atoms with Gasteiger partial charge < -0.3 is 15.4 Å². The van der Waals surface area contributed by atoms with E-state index in [1.807, 2.05) is 0 Å². The molecular weight excluding hydrogens is 224 g/mol. The van der Waals surface area contributed by atoms with Gasteiger partial charge in [-0.05, 0) is 56.1 Å². The van der Waals surface area contributed by atoms with Gasteiger partial charge in [-0.15, -0.1) is 0 Å². The van der Waals surface area contributed by atoms with Crippen molar-refractivity contribution in [3.8, 4) is 5.75 Å². The summed E-state index contributed by atoms with van der Waals surface area (Å²) in [5, 5.41) is 6.91. The number of rotatable bonds is 4. The van der Waals surface area contributed by atoms with Crippen LogP contribution in [0.5, 0.6) is 5.75 Å². The molecule has 1 fully saturated rings. The third kappa shape index (κ3) is 2.38. The smallest absolute Gasteiger partial charge is 0.122 e. The molecule has 1 aromatic rings. The van der Waals surface area contributed by atoms with Crippen LogP contribution in [0.4, 0.5) is 0 Å². The highest BCUT2D eigenvalue weighted by Crippen LogP contribution is 2.31. The first-order valence-electron chi connectivity index (χ1n) is 7.00. The summed E-state index contributed by atoms with van der Waals surface area (Å²) in [6.07, 6.45) is 3.60. The summed E-state index contributed by atoms with van der Waals surface area (Å²) >= 11 is 0. The summed E-state index contributed by atoms with van der Waals surface area (Å²) < 4.78 is 5.57. The van der Waals surface area contributed by atoms with Crippen molar-refractivity contribution in [1.82, 2.24) is 10.6 Å². The molecule has 2 N–H and O–H groups in total.